The highest BCUT2D eigenvalue weighted by Crippen LogP contribution is 2.40. The summed E-state index contributed by atoms with van der Waals surface area (Å²) in [5.74, 6) is 0.625. The van der Waals surface area contributed by atoms with Crippen LogP contribution < -0.4 is 5.32 Å². The number of carbonyl (C=O) groups excluding carboxylic acids is 1. The van der Waals surface area contributed by atoms with Crippen LogP contribution in [0, 0.1) is 6.92 Å². The first-order valence-electron chi connectivity index (χ1n) is 9.13. The van der Waals surface area contributed by atoms with Crippen molar-refractivity contribution in [1.82, 2.24) is 9.97 Å². The van der Waals surface area contributed by atoms with Crippen molar-refractivity contribution in [3.05, 3.63) is 44.5 Å². The molecular weight excluding hydrogens is 433 g/mol. The largest absolute Gasteiger partial charge is 0.325 e. The fraction of sp³-hybridized carbons (Fsp3) is 0.350. The second-order valence-corrected chi connectivity index (χ2v) is 10.2. The number of carbonyl (C=O) groups is 1. The minimum atomic E-state index is -0.325. The van der Waals surface area contributed by atoms with E-state index in [0.717, 1.165) is 33.9 Å². The van der Waals surface area contributed by atoms with Gasteiger partial charge in [0, 0.05) is 26.0 Å². The van der Waals surface area contributed by atoms with Crippen LogP contribution in [0.3, 0.4) is 0 Å². The summed E-state index contributed by atoms with van der Waals surface area (Å²) in [6.07, 6.45) is 4.61. The molecule has 1 unspecified atom stereocenters. The molecule has 3 aromatic rings. The first-order valence-corrected chi connectivity index (χ1v) is 11.6. The van der Waals surface area contributed by atoms with E-state index in [0.29, 0.717) is 15.7 Å². The third kappa shape index (κ3) is 4.15. The molecule has 0 saturated carbocycles. The van der Waals surface area contributed by atoms with Crippen LogP contribution in [0.2, 0.25) is 10.0 Å². The second-order valence-electron chi connectivity index (χ2n) is 6.87. The fourth-order valence-electron chi connectivity index (χ4n) is 3.40. The van der Waals surface area contributed by atoms with Gasteiger partial charge in [0.1, 0.15) is 15.7 Å². The normalized spacial score (nSPS) is 14.7. The van der Waals surface area contributed by atoms with Gasteiger partial charge in [-0.2, -0.15) is 0 Å². The first-order chi connectivity index (χ1) is 13.4. The number of amides is 1. The molecule has 1 aliphatic carbocycles. The number of nitrogens with one attached hydrogen (secondary N) is 1. The number of aromatic nitrogens is 2. The summed E-state index contributed by atoms with van der Waals surface area (Å²) in [7, 11) is 0. The van der Waals surface area contributed by atoms with E-state index in [2.05, 4.69) is 15.3 Å². The van der Waals surface area contributed by atoms with Crippen LogP contribution in [-0.2, 0) is 17.6 Å². The van der Waals surface area contributed by atoms with Crippen molar-refractivity contribution in [2.24, 2.45) is 0 Å². The second kappa shape index (κ2) is 8.19. The number of rotatable bonds is 4. The zero-order valence-electron chi connectivity index (χ0n) is 15.5. The number of hydrogen-bond acceptors (Lipinski definition) is 5. The zero-order valence-corrected chi connectivity index (χ0v) is 18.7. The molecule has 0 fully saturated rings. The molecule has 2 heterocycles. The Morgan fingerprint density at radius 2 is 1.89 bits per heavy atom. The number of thioether (sulfide) groups is 1. The van der Waals surface area contributed by atoms with Crippen LogP contribution in [-0.4, -0.2) is 21.1 Å². The van der Waals surface area contributed by atoms with E-state index in [4.69, 9.17) is 23.2 Å². The lowest BCUT2D eigenvalue weighted by Crippen LogP contribution is -2.22. The predicted molar refractivity (Wildman–Crippen MR) is 119 cm³/mol. The van der Waals surface area contributed by atoms with Gasteiger partial charge in [-0.05, 0) is 63.3 Å². The Kier molecular flexibility index (Phi) is 5.83. The van der Waals surface area contributed by atoms with Gasteiger partial charge in [0.05, 0.1) is 5.25 Å². The van der Waals surface area contributed by atoms with E-state index in [1.807, 2.05) is 13.8 Å². The van der Waals surface area contributed by atoms with Gasteiger partial charge in [-0.25, -0.2) is 9.97 Å². The number of fused-ring (bicyclic) bond motifs is 3. The van der Waals surface area contributed by atoms with Gasteiger partial charge in [0.15, 0.2) is 0 Å². The molecular formula is C20H19Cl2N3OS2. The summed E-state index contributed by atoms with van der Waals surface area (Å²) < 4.78 is 0. The van der Waals surface area contributed by atoms with Gasteiger partial charge in [-0.3, -0.25) is 4.79 Å². The summed E-state index contributed by atoms with van der Waals surface area (Å²) >= 11 is 15.3. The molecule has 1 aromatic carbocycles. The van der Waals surface area contributed by atoms with Gasteiger partial charge in [-0.15, -0.1) is 11.3 Å². The monoisotopic (exact) mass is 451 g/mol. The number of benzene rings is 1. The average Bonchev–Trinajstić information content (AvgIpc) is 2.98. The molecule has 146 valence electrons. The van der Waals surface area contributed by atoms with Crippen molar-refractivity contribution in [3.63, 3.8) is 0 Å². The molecule has 8 heteroatoms. The van der Waals surface area contributed by atoms with Crippen molar-refractivity contribution < 1.29 is 4.79 Å². The van der Waals surface area contributed by atoms with Crippen LogP contribution in [0.25, 0.3) is 10.2 Å². The summed E-state index contributed by atoms with van der Waals surface area (Å²) in [4.78, 5) is 24.5. The summed E-state index contributed by atoms with van der Waals surface area (Å²) in [5.41, 5.74) is 1.97. The Morgan fingerprint density at radius 3 is 2.64 bits per heavy atom. The van der Waals surface area contributed by atoms with E-state index >= 15 is 0 Å². The summed E-state index contributed by atoms with van der Waals surface area (Å²) in [6, 6.07) is 5.01. The number of halogens is 2. The summed E-state index contributed by atoms with van der Waals surface area (Å²) in [6.45, 7) is 3.79. The fourth-order valence-corrected chi connectivity index (χ4v) is 6.32. The molecule has 0 bridgehead atoms. The molecule has 0 saturated heterocycles. The van der Waals surface area contributed by atoms with Gasteiger partial charge in [0.2, 0.25) is 5.91 Å². The molecule has 4 rings (SSSR count). The Morgan fingerprint density at radius 1 is 1.18 bits per heavy atom. The SMILES string of the molecule is Cc1nc(SC(C)C(=O)Nc2cc(Cl)cc(Cl)c2)c2c3c(sc2n1)CCCC3. The third-order valence-electron chi connectivity index (χ3n) is 4.68. The van der Waals surface area contributed by atoms with Gasteiger partial charge < -0.3 is 5.32 Å². The minimum absolute atomic E-state index is 0.114. The van der Waals surface area contributed by atoms with E-state index in [1.54, 1.807) is 29.5 Å². The maximum absolute atomic E-state index is 12.7. The molecule has 28 heavy (non-hydrogen) atoms. The number of hydrogen-bond donors (Lipinski definition) is 1. The highest BCUT2D eigenvalue weighted by molar-refractivity contribution is 8.00. The molecule has 1 N–H and O–H groups in total. The smallest absolute Gasteiger partial charge is 0.237 e. The van der Waals surface area contributed by atoms with Gasteiger partial charge >= 0.3 is 0 Å². The van der Waals surface area contributed by atoms with Crippen molar-refractivity contribution in [2.45, 2.75) is 49.8 Å². The molecule has 1 amide bonds. The van der Waals surface area contributed by atoms with Crippen LogP contribution >= 0.6 is 46.3 Å². The predicted octanol–water partition coefficient (Wildman–Crippen LogP) is 6.30. The molecule has 0 radical (unpaired) electrons. The lowest BCUT2D eigenvalue weighted by molar-refractivity contribution is -0.115. The van der Waals surface area contributed by atoms with E-state index in [1.165, 1.54) is 35.0 Å². The zero-order chi connectivity index (χ0) is 19.8. The van der Waals surface area contributed by atoms with Crippen LogP contribution in [0.5, 0.6) is 0 Å². The molecule has 4 nitrogen and oxygen atoms in total. The van der Waals surface area contributed by atoms with Crippen molar-refractivity contribution >= 4 is 68.1 Å². The number of aryl methyl sites for hydroxylation is 3. The number of nitrogens with zero attached hydrogens (tertiary/aromatic N) is 2. The maximum atomic E-state index is 12.7. The van der Waals surface area contributed by atoms with Crippen molar-refractivity contribution in [2.75, 3.05) is 5.32 Å². The quantitative estimate of drug-likeness (QED) is 0.373. The first kappa shape index (κ1) is 20.0. The number of thiophene rings is 1. The topological polar surface area (TPSA) is 54.9 Å². The Balaban J connectivity index is 1.60. The van der Waals surface area contributed by atoms with E-state index in [-0.39, 0.29) is 11.2 Å². The van der Waals surface area contributed by atoms with Crippen LogP contribution in [0.4, 0.5) is 5.69 Å². The highest BCUT2D eigenvalue weighted by atomic mass is 35.5. The maximum Gasteiger partial charge on any atom is 0.237 e. The van der Waals surface area contributed by atoms with Crippen molar-refractivity contribution in [1.29, 1.82) is 0 Å². The van der Waals surface area contributed by atoms with Gasteiger partial charge in [0.25, 0.3) is 0 Å². The third-order valence-corrected chi connectivity index (χ3v) is 7.39. The van der Waals surface area contributed by atoms with Gasteiger partial charge in [-0.1, -0.05) is 35.0 Å². The van der Waals surface area contributed by atoms with Crippen LogP contribution in [0.1, 0.15) is 36.0 Å². The molecule has 0 aliphatic heterocycles. The standard InChI is InChI=1S/C20H19Cl2N3OS2/c1-10(18(26)25-14-8-12(21)7-13(22)9-14)27-19-17-15-5-3-4-6-16(15)28-20(17)24-11(2)23-19/h7-10H,3-6H2,1-2H3,(H,25,26). The van der Waals surface area contributed by atoms with E-state index < -0.39 is 0 Å². The lowest BCUT2D eigenvalue weighted by atomic mass is 9.97. The molecule has 1 aliphatic rings. The van der Waals surface area contributed by atoms with Crippen LogP contribution in [0.15, 0.2) is 23.2 Å². The Labute approximate surface area is 182 Å². The number of anilines is 1. The summed E-state index contributed by atoms with van der Waals surface area (Å²) in [5, 5.41) is 5.58. The average molecular weight is 452 g/mol. The molecule has 1 atom stereocenters. The van der Waals surface area contributed by atoms with E-state index in [9.17, 15) is 4.79 Å². The Bertz CT molecular complexity index is 1050. The lowest BCUT2D eigenvalue weighted by Gasteiger charge is -2.15. The Hall–Kier alpha value is -1.34. The van der Waals surface area contributed by atoms with Crippen molar-refractivity contribution in [3.8, 4) is 0 Å². The molecule has 0 spiro atoms. The molecule has 2 aromatic heterocycles. The minimum Gasteiger partial charge on any atom is -0.325 e. The highest BCUT2D eigenvalue weighted by Gasteiger charge is 2.23.